The van der Waals surface area contributed by atoms with E-state index in [0.29, 0.717) is 5.92 Å². The van der Waals surface area contributed by atoms with Gasteiger partial charge >= 0.3 is 0 Å². The van der Waals surface area contributed by atoms with Crippen molar-refractivity contribution in [2.24, 2.45) is 16.7 Å². The van der Waals surface area contributed by atoms with Gasteiger partial charge in [-0.25, -0.2) is 8.78 Å². The first-order valence-electron chi connectivity index (χ1n) is 7.36. The van der Waals surface area contributed by atoms with Gasteiger partial charge in [0, 0.05) is 6.42 Å². The molecule has 0 aromatic heterocycles. The van der Waals surface area contributed by atoms with Gasteiger partial charge in [-0.1, -0.05) is 32.9 Å². The van der Waals surface area contributed by atoms with Crippen molar-refractivity contribution in [1.29, 1.82) is 0 Å². The zero-order valence-corrected chi connectivity index (χ0v) is 12.3. The van der Waals surface area contributed by atoms with Crippen LogP contribution in [0.15, 0.2) is 18.2 Å². The summed E-state index contributed by atoms with van der Waals surface area (Å²) in [5.41, 5.74) is -1.15. The number of fused-ring (bicyclic) bond motifs is 2. The average molecular weight is 280 g/mol. The van der Waals surface area contributed by atoms with Crippen molar-refractivity contribution in [3.05, 3.63) is 35.4 Å². The van der Waals surface area contributed by atoms with E-state index >= 15 is 0 Å². The molecule has 0 amide bonds. The van der Waals surface area contributed by atoms with Gasteiger partial charge in [0.2, 0.25) is 0 Å². The second-order valence-corrected chi connectivity index (χ2v) is 7.47. The average Bonchev–Trinajstić information content (AvgIpc) is 2.83. The molecule has 1 N–H and O–H groups in total. The maximum absolute atomic E-state index is 14.0. The third-order valence-corrected chi connectivity index (χ3v) is 6.30. The second-order valence-electron chi connectivity index (χ2n) is 7.47. The molecule has 0 spiro atoms. The van der Waals surface area contributed by atoms with E-state index in [4.69, 9.17) is 0 Å². The molecule has 0 aliphatic heterocycles. The fourth-order valence-corrected chi connectivity index (χ4v) is 4.75. The topological polar surface area (TPSA) is 20.2 Å². The molecule has 2 bridgehead atoms. The maximum atomic E-state index is 14.0. The quantitative estimate of drug-likeness (QED) is 0.865. The molecule has 1 aromatic carbocycles. The van der Waals surface area contributed by atoms with E-state index in [1.165, 1.54) is 6.07 Å². The Morgan fingerprint density at radius 1 is 1.25 bits per heavy atom. The summed E-state index contributed by atoms with van der Waals surface area (Å²) in [6, 6.07) is 4.22. The Hall–Kier alpha value is -0.960. The number of halogens is 2. The van der Waals surface area contributed by atoms with Crippen LogP contribution in [0.4, 0.5) is 8.78 Å². The lowest BCUT2D eigenvalue weighted by Gasteiger charge is -2.51. The lowest BCUT2D eigenvalue weighted by Crippen LogP contribution is -2.55. The first-order valence-corrected chi connectivity index (χ1v) is 7.36. The van der Waals surface area contributed by atoms with E-state index in [0.717, 1.165) is 25.3 Å². The summed E-state index contributed by atoms with van der Waals surface area (Å²) in [5.74, 6) is -1.19. The Kier molecular flexibility index (Phi) is 2.82. The van der Waals surface area contributed by atoms with Crippen molar-refractivity contribution in [3.8, 4) is 0 Å². The van der Waals surface area contributed by atoms with Gasteiger partial charge in [-0.05, 0) is 47.6 Å². The summed E-state index contributed by atoms with van der Waals surface area (Å²) in [6.45, 7) is 6.23. The molecule has 1 aromatic rings. The van der Waals surface area contributed by atoms with Gasteiger partial charge in [0.05, 0.1) is 5.60 Å². The van der Waals surface area contributed by atoms with Crippen LogP contribution in [-0.2, 0) is 6.42 Å². The largest absolute Gasteiger partial charge is 0.388 e. The molecule has 2 saturated carbocycles. The molecule has 3 atom stereocenters. The Bertz CT molecular complexity index is 547. The van der Waals surface area contributed by atoms with Crippen LogP contribution in [0.1, 0.15) is 45.6 Å². The summed E-state index contributed by atoms with van der Waals surface area (Å²) < 4.78 is 27.4. The number of aliphatic hydroxyl groups is 1. The van der Waals surface area contributed by atoms with Gasteiger partial charge in [-0.3, -0.25) is 0 Å². The molecule has 0 radical (unpaired) electrons. The Morgan fingerprint density at radius 3 is 2.55 bits per heavy atom. The standard InChI is InChI=1S/C17H22F2O/c1-15(2)12-7-8-16(3,10-12)17(15,20)9-11-5-4-6-13(18)14(11)19/h4-6,12,20H,7-10H2,1-3H3. The third-order valence-electron chi connectivity index (χ3n) is 6.30. The van der Waals surface area contributed by atoms with Crippen LogP contribution in [0.5, 0.6) is 0 Å². The zero-order chi connectivity index (χ0) is 14.8. The van der Waals surface area contributed by atoms with Crippen molar-refractivity contribution < 1.29 is 13.9 Å². The van der Waals surface area contributed by atoms with Crippen LogP contribution >= 0.6 is 0 Å². The van der Waals surface area contributed by atoms with E-state index in [2.05, 4.69) is 20.8 Å². The molecule has 3 unspecified atom stereocenters. The van der Waals surface area contributed by atoms with Crippen molar-refractivity contribution in [3.63, 3.8) is 0 Å². The minimum atomic E-state index is -0.975. The smallest absolute Gasteiger partial charge is 0.162 e. The van der Waals surface area contributed by atoms with Gasteiger partial charge < -0.3 is 5.11 Å². The van der Waals surface area contributed by atoms with Gasteiger partial charge in [0.15, 0.2) is 11.6 Å². The summed E-state index contributed by atoms with van der Waals surface area (Å²) in [4.78, 5) is 0. The molecule has 110 valence electrons. The monoisotopic (exact) mass is 280 g/mol. The highest BCUT2D eigenvalue weighted by atomic mass is 19.2. The fourth-order valence-electron chi connectivity index (χ4n) is 4.75. The van der Waals surface area contributed by atoms with Crippen molar-refractivity contribution >= 4 is 0 Å². The van der Waals surface area contributed by atoms with E-state index in [1.54, 1.807) is 6.07 Å². The normalized spacial score (nSPS) is 38.4. The highest BCUT2D eigenvalue weighted by molar-refractivity contribution is 5.27. The summed E-state index contributed by atoms with van der Waals surface area (Å²) in [7, 11) is 0. The van der Waals surface area contributed by atoms with Crippen molar-refractivity contribution in [2.75, 3.05) is 0 Å². The van der Waals surface area contributed by atoms with Crippen LogP contribution in [0.25, 0.3) is 0 Å². The van der Waals surface area contributed by atoms with E-state index in [9.17, 15) is 13.9 Å². The van der Waals surface area contributed by atoms with Gasteiger partial charge in [0.1, 0.15) is 0 Å². The molecule has 20 heavy (non-hydrogen) atoms. The predicted octanol–water partition coefficient (Wildman–Crippen LogP) is 4.08. The second kappa shape index (κ2) is 4.03. The Morgan fingerprint density at radius 2 is 1.95 bits per heavy atom. The molecule has 0 heterocycles. The molecule has 2 aliphatic rings. The molecule has 2 aliphatic carbocycles. The van der Waals surface area contributed by atoms with Gasteiger partial charge in [-0.15, -0.1) is 0 Å². The van der Waals surface area contributed by atoms with Crippen molar-refractivity contribution in [1.82, 2.24) is 0 Å². The molecule has 1 nitrogen and oxygen atoms in total. The van der Waals surface area contributed by atoms with Crippen LogP contribution in [0, 0.1) is 28.4 Å². The first kappa shape index (κ1) is 14.0. The molecule has 0 saturated heterocycles. The van der Waals surface area contributed by atoms with Crippen LogP contribution < -0.4 is 0 Å². The number of benzene rings is 1. The van der Waals surface area contributed by atoms with Crippen molar-refractivity contribution in [2.45, 2.75) is 52.1 Å². The van der Waals surface area contributed by atoms with E-state index in [1.807, 2.05) is 0 Å². The van der Waals surface area contributed by atoms with E-state index < -0.39 is 17.2 Å². The summed E-state index contributed by atoms with van der Waals surface area (Å²) >= 11 is 0. The maximum Gasteiger partial charge on any atom is 0.162 e. The lowest BCUT2D eigenvalue weighted by atomic mass is 9.58. The van der Waals surface area contributed by atoms with Gasteiger partial charge in [0.25, 0.3) is 0 Å². The van der Waals surface area contributed by atoms with E-state index in [-0.39, 0.29) is 22.8 Å². The minimum absolute atomic E-state index is 0.191. The zero-order valence-electron chi connectivity index (χ0n) is 12.3. The highest BCUT2D eigenvalue weighted by Crippen LogP contribution is 2.68. The summed E-state index contributed by atoms with van der Waals surface area (Å²) in [6.07, 6.45) is 3.26. The Balaban J connectivity index is 2.02. The molecule has 2 fully saturated rings. The number of rotatable bonds is 2. The molecule has 3 rings (SSSR count). The molecular weight excluding hydrogens is 258 g/mol. The minimum Gasteiger partial charge on any atom is -0.388 e. The predicted molar refractivity (Wildman–Crippen MR) is 74.2 cm³/mol. The highest BCUT2D eigenvalue weighted by Gasteiger charge is 2.68. The molecular formula is C17H22F2O. The SMILES string of the molecule is CC12CCC(C1)C(C)(C)C2(O)Cc1cccc(F)c1F. The summed E-state index contributed by atoms with van der Waals surface area (Å²) in [5, 5.41) is 11.3. The number of hydrogen-bond acceptors (Lipinski definition) is 1. The fraction of sp³-hybridized carbons (Fsp3) is 0.647. The van der Waals surface area contributed by atoms with Crippen LogP contribution in [0.2, 0.25) is 0 Å². The first-order chi connectivity index (χ1) is 9.21. The van der Waals surface area contributed by atoms with Crippen LogP contribution in [-0.4, -0.2) is 10.7 Å². The third kappa shape index (κ3) is 1.56. The van der Waals surface area contributed by atoms with Gasteiger partial charge in [-0.2, -0.15) is 0 Å². The molecule has 3 heteroatoms. The Labute approximate surface area is 119 Å². The lowest BCUT2D eigenvalue weighted by molar-refractivity contribution is -0.142. The number of hydrogen-bond donors (Lipinski definition) is 1. The van der Waals surface area contributed by atoms with Crippen LogP contribution in [0.3, 0.4) is 0 Å².